The summed E-state index contributed by atoms with van der Waals surface area (Å²) in [5.74, 6) is 5.31. The Morgan fingerprint density at radius 1 is 1.44 bits per heavy atom. The van der Waals surface area contributed by atoms with E-state index in [2.05, 4.69) is 15.3 Å². The third-order valence-electron chi connectivity index (χ3n) is 0.809. The second kappa shape index (κ2) is 2.76. The molecule has 0 saturated carbocycles. The van der Waals surface area contributed by atoms with Crippen LogP contribution < -0.4 is 5.84 Å². The highest BCUT2D eigenvalue weighted by molar-refractivity contribution is 5.23. The van der Waals surface area contributed by atoms with Crippen molar-refractivity contribution in [1.82, 2.24) is 4.98 Å². The fourth-order valence-corrected chi connectivity index (χ4v) is 0.472. The largest absolute Gasteiger partial charge is 0.305 e. The Bertz CT molecular complexity index is 193. The first-order valence-corrected chi connectivity index (χ1v) is 2.45. The van der Waals surface area contributed by atoms with Crippen molar-refractivity contribution < 1.29 is 0 Å². The van der Waals surface area contributed by atoms with Crippen molar-refractivity contribution >= 4 is 5.82 Å². The minimum absolute atomic E-state index is 0.528. The van der Waals surface area contributed by atoms with Gasteiger partial charge in [0.2, 0.25) is 0 Å². The van der Waals surface area contributed by atoms with Gasteiger partial charge in [-0.05, 0) is 12.1 Å². The van der Waals surface area contributed by atoms with Crippen LogP contribution in [-0.4, -0.2) is 4.98 Å². The topological polar surface area (TPSA) is 63.6 Å². The molecule has 0 aliphatic carbocycles. The van der Waals surface area contributed by atoms with Crippen LogP contribution in [0.3, 0.4) is 0 Å². The van der Waals surface area contributed by atoms with Crippen molar-refractivity contribution in [2.45, 2.75) is 0 Å². The SMILES string of the molecule is N/N=N/c1ccccn1. The van der Waals surface area contributed by atoms with Crippen LogP contribution in [0, 0.1) is 0 Å². The fraction of sp³-hybridized carbons (Fsp3) is 0. The number of pyridine rings is 1. The van der Waals surface area contributed by atoms with Crippen LogP contribution in [0.4, 0.5) is 5.82 Å². The molecule has 1 aromatic rings. The molecule has 0 radical (unpaired) electrons. The zero-order chi connectivity index (χ0) is 6.53. The molecule has 0 aliphatic heterocycles. The lowest BCUT2D eigenvalue weighted by Crippen LogP contribution is -1.75. The van der Waals surface area contributed by atoms with Gasteiger partial charge in [0.15, 0.2) is 5.82 Å². The van der Waals surface area contributed by atoms with Crippen LogP contribution in [0.2, 0.25) is 0 Å². The molecule has 0 fully saturated rings. The fourth-order valence-electron chi connectivity index (χ4n) is 0.472. The molecule has 2 N–H and O–H groups in total. The molecule has 1 heterocycles. The molecule has 0 spiro atoms. The van der Waals surface area contributed by atoms with Crippen LogP contribution >= 0.6 is 0 Å². The van der Waals surface area contributed by atoms with E-state index in [4.69, 9.17) is 5.84 Å². The lowest BCUT2D eigenvalue weighted by Gasteiger charge is -1.84. The summed E-state index contributed by atoms with van der Waals surface area (Å²) in [5.41, 5.74) is 0. The van der Waals surface area contributed by atoms with Crippen LogP contribution in [0.5, 0.6) is 0 Å². The molecule has 0 atom stereocenters. The number of nitrogens with zero attached hydrogens (tertiary/aromatic N) is 3. The molecular weight excluding hydrogens is 116 g/mol. The van der Waals surface area contributed by atoms with Gasteiger partial charge in [0.05, 0.1) is 0 Å². The highest BCUT2D eigenvalue weighted by atomic mass is 15.3. The molecule has 1 rings (SSSR count). The molecule has 0 unspecified atom stereocenters. The van der Waals surface area contributed by atoms with Crippen molar-refractivity contribution in [3.63, 3.8) is 0 Å². The Balaban J connectivity index is 2.85. The number of hydrogen-bond acceptors (Lipinski definition) is 3. The minimum atomic E-state index is 0.528. The van der Waals surface area contributed by atoms with E-state index in [9.17, 15) is 0 Å². The predicted molar refractivity (Wildman–Crippen MR) is 32.9 cm³/mol. The van der Waals surface area contributed by atoms with Gasteiger partial charge in [0.25, 0.3) is 0 Å². The summed E-state index contributed by atoms with van der Waals surface area (Å²) in [4.78, 5) is 3.83. The Labute approximate surface area is 52.4 Å². The van der Waals surface area contributed by atoms with Gasteiger partial charge in [-0.15, -0.1) is 5.11 Å². The van der Waals surface area contributed by atoms with Gasteiger partial charge in [0, 0.05) is 6.20 Å². The first kappa shape index (κ1) is 5.68. The van der Waals surface area contributed by atoms with Crippen molar-refractivity contribution in [2.24, 2.45) is 16.2 Å². The molecule has 0 aliphatic rings. The number of rotatable bonds is 1. The highest BCUT2D eigenvalue weighted by Crippen LogP contribution is 2.03. The quantitative estimate of drug-likeness (QED) is 0.343. The molecular formula is C5H6N4. The number of aromatic nitrogens is 1. The Hall–Kier alpha value is -1.45. The summed E-state index contributed by atoms with van der Waals surface area (Å²) in [7, 11) is 0. The van der Waals surface area contributed by atoms with E-state index in [0.717, 1.165) is 0 Å². The average molecular weight is 122 g/mol. The molecule has 0 saturated heterocycles. The van der Waals surface area contributed by atoms with Gasteiger partial charge in [-0.1, -0.05) is 11.3 Å². The van der Waals surface area contributed by atoms with Gasteiger partial charge < -0.3 is 5.84 Å². The number of nitrogens with two attached hydrogens (primary N) is 1. The van der Waals surface area contributed by atoms with Crippen molar-refractivity contribution in [3.8, 4) is 0 Å². The van der Waals surface area contributed by atoms with E-state index >= 15 is 0 Å². The summed E-state index contributed by atoms with van der Waals surface area (Å²) >= 11 is 0. The Morgan fingerprint density at radius 3 is 2.89 bits per heavy atom. The van der Waals surface area contributed by atoms with Crippen molar-refractivity contribution in [2.75, 3.05) is 0 Å². The predicted octanol–water partition coefficient (Wildman–Crippen LogP) is 1.04. The first-order chi connectivity index (χ1) is 4.43. The van der Waals surface area contributed by atoms with Gasteiger partial charge >= 0.3 is 0 Å². The summed E-state index contributed by atoms with van der Waals surface area (Å²) in [5, 5.41) is 6.57. The van der Waals surface area contributed by atoms with E-state index in [1.165, 1.54) is 0 Å². The maximum Gasteiger partial charge on any atom is 0.176 e. The summed E-state index contributed by atoms with van der Waals surface area (Å²) in [6.07, 6.45) is 1.63. The van der Waals surface area contributed by atoms with Crippen LogP contribution in [0.25, 0.3) is 0 Å². The van der Waals surface area contributed by atoms with Gasteiger partial charge in [0.1, 0.15) is 0 Å². The van der Waals surface area contributed by atoms with Gasteiger partial charge in [-0.2, -0.15) is 0 Å². The zero-order valence-electron chi connectivity index (χ0n) is 4.73. The monoisotopic (exact) mass is 122 g/mol. The van der Waals surface area contributed by atoms with E-state index in [1.54, 1.807) is 18.3 Å². The van der Waals surface area contributed by atoms with E-state index in [-0.39, 0.29) is 0 Å². The second-order valence-electron chi connectivity index (χ2n) is 1.40. The standard InChI is InChI=1S/C5H6N4/c6-9-8-5-3-1-2-4-7-5/h1-4H,(H2,6,7,8). The zero-order valence-corrected chi connectivity index (χ0v) is 4.73. The lowest BCUT2D eigenvalue weighted by atomic mass is 10.5. The average Bonchev–Trinajstić information content (AvgIpc) is 1.91. The molecule has 1 aromatic heterocycles. The molecule has 0 aromatic carbocycles. The van der Waals surface area contributed by atoms with Crippen molar-refractivity contribution in [3.05, 3.63) is 24.4 Å². The maximum atomic E-state index is 4.78. The van der Waals surface area contributed by atoms with Gasteiger partial charge in [-0.3, -0.25) is 0 Å². The van der Waals surface area contributed by atoms with E-state index < -0.39 is 0 Å². The molecule has 4 heteroatoms. The maximum absolute atomic E-state index is 4.78. The normalized spacial score (nSPS) is 10.2. The lowest BCUT2D eigenvalue weighted by molar-refractivity contribution is 1.03. The highest BCUT2D eigenvalue weighted by Gasteiger charge is 1.82. The van der Waals surface area contributed by atoms with Crippen LogP contribution in [-0.2, 0) is 0 Å². The van der Waals surface area contributed by atoms with Crippen LogP contribution in [0.15, 0.2) is 34.7 Å². The number of hydrogen-bond donors (Lipinski definition) is 1. The molecule has 0 amide bonds. The summed E-state index contributed by atoms with van der Waals surface area (Å²) in [6.45, 7) is 0. The first-order valence-electron chi connectivity index (χ1n) is 2.45. The minimum Gasteiger partial charge on any atom is -0.305 e. The van der Waals surface area contributed by atoms with Gasteiger partial charge in [-0.25, -0.2) is 4.98 Å². The summed E-state index contributed by atoms with van der Waals surface area (Å²) < 4.78 is 0. The Kier molecular flexibility index (Phi) is 1.74. The summed E-state index contributed by atoms with van der Waals surface area (Å²) in [6, 6.07) is 5.34. The van der Waals surface area contributed by atoms with Crippen molar-refractivity contribution in [1.29, 1.82) is 0 Å². The molecule has 9 heavy (non-hydrogen) atoms. The molecule has 4 nitrogen and oxygen atoms in total. The third kappa shape index (κ3) is 1.49. The molecule has 46 valence electrons. The van der Waals surface area contributed by atoms with E-state index in [1.807, 2.05) is 6.07 Å². The molecule has 0 bridgehead atoms. The smallest absolute Gasteiger partial charge is 0.176 e. The second-order valence-corrected chi connectivity index (χ2v) is 1.40. The van der Waals surface area contributed by atoms with E-state index in [0.29, 0.717) is 5.82 Å². The van der Waals surface area contributed by atoms with Crippen LogP contribution in [0.1, 0.15) is 0 Å². The third-order valence-corrected chi connectivity index (χ3v) is 0.809. The Morgan fingerprint density at radius 2 is 2.33 bits per heavy atom.